The van der Waals surface area contributed by atoms with Crippen LogP contribution in [-0.4, -0.2) is 22.8 Å². The number of nitrogens with zero attached hydrogens (tertiary/aromatic N) is 1. The van der Waals surface area contributed by atoms with E-state index in [0.29, 0.717) is 21.3 Å². The second-order valence-corrected chi connectivity index (χ2v) is 8.09. The van der Waals surface area contributed by atoms with Gasteiger partial charge in [0.05, 0.1) is 4.53 Å². The van der Waals surface area contributed by atoms with Crippen molar-refractivity contribution in [2.45, 2.75) is 27.3 Å². The fourth-order valence-electron chi connectivity index (χ4n) is 3.14. The molecule has 0 saturated heterocycles. The monoisotopic (exact) mass is 420 g/mol. The molecule has 0 radical (unpaired) electrons. The summed E-state index contributed by atoms with van der Waals surface area (Å²) >= 11 is 1.21. The smallest absolute Gasteiger partial charge is 0.269 e. The molecule has 1 heterocycles. The number of ketones is 1. The minimum Gasteiger partial charge on any atom is -0.355 e. The van der Waals surface area contributed by atoms with Gasteiger partial charge in [0.15, 0.2) is 5.78 Å². The molecule has 0 aliphatic carbocycles. The lowest BCUT2D eigenvalue weighted by molar-refractivity contribution is -0.121. The SMILES string of the molecule is CCNC(=O)Cn1c(=O)/c(=C\c2cccc(C)c2)s/c1=C\C(=O)c1ccccc1C. The van der Waals surface area contributed by atoms with Crippen LogP contribution >= 0.6 is 11.3 Å². The van der Waals surface area contributed by atoms with E-state index in [1.807, 2.05) is 57.2 Å². The minimum absolute atomic E-state index is 0.127. The van der Waals surface area contributed by atoms with Crippen LogP contribution in [0.1, 0.15) is 34.0 Å². The van der Waals surface area contributed by atoms with Crippen LogP contribution in [0, 0.1) is 13.8 Å². The maximum absolute atomic E-state index is 13.0. The molecule has 0 saturated carbocycles. The fourth-order valence-corrected chi connectivity index (χ4v) is 4.18. The average Bonchev–Trinajstić information content (AvgIpc) is 2.97. The zero-order valence-corrected chi connectivity index (χ0v) is 18.1. The molecule has 0 unspecified atom stereocenters. The van der Waals surface area contributed by atoms with Gasteiger partial charge in [-0.05, 0) is 38.0 Å². The Kier molecular flexibility index (Phi) is 6.79. The zero-order valence-electron chi connectivity index (χ0n) is 17.3. The normalized spacial score (nSPS) is 12.2. The number of likely N-dealkylation sites (N-methyl/N-ethyl adjacent to an activating group) is 1. The third-order valence-corrected chi connectivity index (χ3v) is 5.68. The number of carbonyl (C=O) groups is 2. The summed E-state index contributed by atoms with van der Waals surface area (Å²) in [4.78, 5) is 38.0. The Morgan fingerprint density at radius 1 is 1.10 bits per heavy atom. The molecule has 0 atom stereocenters. The van der Waals surface area contributed by atoms with Gasteiger partial charge in [0.25, 0.3) is 5.56 Å². The number of aryl methyl sites for hydroxylation is 2. The van der Waals surface area contributed by atoms with Gasteiger partial charge >= 0.3 is 0 Å². The zero-order chi connectivity index (χ0) is 21.7. The molecule has 3 rings (SSSR count). The van der Waals surface area contributed by atoms with E-state index >= 15 is 0 Å². The first kappa shape index (κ1) is 21.5. The summed E-state index contributed by atoms with van der Waals surface area (Å²) in [5.74, 6) is -0.460. The summed E-state index contributed by atoms with van der Waals surface area (Å²) in [5.41, 5.74) is 3.14. The highest BCUT2D eigenvalue weighted by atomic mass is 32.1. The molecule has 0 aliphatic rings. The Labute approximate surface area is 179 Å². The number of thiazole rings is 1. The van der Waals surface area contributed by atoms with Crippen molar-refractivity contribution in [3.8, 4) is 0 Å². The summed E-state index contributed by atoms with van der Waals surface area (Å²) in [6, 6.07) is 15.1. The van der Waals surface area contributed by atoms with Gasteiger partial charge in [0, 0.05) is 18.2 Å². The molecule has 0 aliphatic heterocycles. The first-order chi connectivity index (χ1) is 14.4. The van der Waals surface area contributed by atoms with E-state index in [4.69, 9.17) is 0 Å². The molecule has 154 valence electrons. The lowest BCUT2D eigenvalue weighted by Gasteiger charge is -2.03. The molecule has 1 amide bonds. The molecule has 2 aromatic carbocycles. The second-order valence-electron chi connectivity index (χ2n) is 7.03. The number of amides is 1. The number of carbonyl (C=O) groups excluding carboxylic acids is 2. The van der Waals surface area contributed by atoms with Crippen LogP contribution in [0.5, 0.6) is 0 Å². The van der Waals surface area contributed by atoms with Crippen LogP contribution in [0.2, 0.25) is 0 Å². The average molecular weight is 421 g/mol. The Bertz CT molecular complexity index is 1270. The van der Waals surface area contributed by atoms with Crippen molar-refractivity contribution >= 4 is 35.2 Å². The van der Waals surface area contributed by atoms with Crippen molar-refractivity contribution in [2.24, 2.45) is 0 Å². The van der Waals surface area contributed by atoms with Crippen LogP contribution in [0.25, 0.3) is 12.2 Å². The van der Waals surface area contributed by atoms with Gasteiger partial charge in [0.1, 0.15) is 11.2 Å². The van der Waals surface area contributed by atoms with Crippen molar-refractivity contribution in [3.63, 3.8) is 0 Å². The van der Waals surface area contributed by atoms with Crippen molar-refractivity contribution < 1.29 is 9.59 Å². The number of rotatable bonds is 6. The summed E-state index contributed by atoms with van der Waals surface area (Å²) in [7, 11) is 0. The Morgan fingerprint density at radius 2 is 1.87 bits per heavy atom. The van der Waals surface area contributed by atoms with Gasteiger partial charge < -0.3 is 5.32 Å². The first-order valence-corrected chi connectivity index (χ1v) is 10.6. The molecule has 0 bridgehead atoms. The topological polar surface area (TPSA) is 68.2 Å². The predicted octanol–water partition coefficient (Wildman–Crippen LogP) is 2.15. The van der Waals surface area contributed by atoms with E-state index < -0.39 is 0 Å². The molecular formula is C24H24N2O3S. The van der Waals surface area contributed by atoms with Crippen LogP contribution in [0.4, 0.5) is 0 Å². The lowest BCUT2D eigenvalue weighted by Crippen LogP contribution is -2.38. The number of benzene rings is 2. The summed E-state index contributed by atoms with van der Waals surface area (Å²) in [6.07, 6.45) is 3.24. The molecule has 0 fully saturated rings. The maximum Gasteiger partial charge on any atom is 0.269 e. The molecule has 30 heavy (non-hydrogen) atoms. The number of aromatic nitrogens is 1. The highest BCUT2D eigenvalue weighted by molar-refractivity contribution is 7.07. The Balaban J connectivity index is 2.15. The quantitative estimate of drug-likeness (QED) is 0.622. The Morgan fingerprint density at radius 3 is 2.57 bits per heavy atom. The van der Waals surface area contributed by atoms with E-state index in [9.17, 15) is 14.4 Å². The van der Waals surface area contributed by atoms with E-state index in [-0.39, 0.29) is 23.8 Å². The van der Waals surface area contributed by atoms with Crippen molar-refractivity contribution in [2.75, 3.05) is 6.54 Å². The molecule has 1 N–H and O–H groups in total. The molecule has 5 nitrogen and oxygen atoms in total. The maximum atomic E-state index is 13.0. The summed E-state index contributed by atoms with van der Waals surface area (Å²) < 4.78 is 2.31. The highest BCUT2D eigenvalue weighted by Gasteiger charge is 2.12. The van der Waals surface area contributed by atoms with Gasteiger partial charge in [0.2, 0.25) is 5.91 Å². The fraction of sp³-hybridized carbons (Fsp3) is 0.208. The Hall–Kier alpha value is -3.25. The predicted molar refractivity (Wildman–Crippen MR) is 121 cm³/mol. The summed E-state index contributed by atoms with van der Waals surface area (Å²) in [5, 5.41) is 2.71. The third kappa shape index (κ3) is 5.02. The molecular weight excluding hydrogens is 396 g/mol. The number of hydrogen-bond acceptors (Lipinski definition) is 4. The van der Waals surface area contributed by atoms with Crippen molar-refractivity contribution in [1.29, 1.82) is 0 Å². The lowest BCUT2D eigenvalue weighted by atomic mass is 10.1. The third-order valence-electron chi connectivity index (χ3n) is 4.62. The van der Waals surface area contributed by atoms with E-state index in [2.05, 4.69) is 5.32 Å². The molecule has 0 spiro atoms. The largest absolute Gasteiger partial charge is 0.355 e. The van der Waals surface area contributed by atoms with Crippen molar-refractivity contribution in [1.82, 2.24) is 9.88 Å². The van der Waals surface area contributed by atoms with Gasteiger partial charge in [-0.3, -0.25) is 19.0 Å². The van der Waals surface area contributed by atoms with Gasteiger partial charge in [-0.15, -0.1) is 11.3 Å². The van der Waals surface area contributed by atoms with Crippen LogP contribution in [-0.2, 0) is 11.3 Å². The summed E-state index contributed by atoms with van der Waals surface area (Å²) in [6.45, 7) is 6.02. The van der Waals surface area contributed by atoms with Gasteiger partial charge in [-0.1, -0.05) is 54.1 Å². The highest BCUT2D eigenvalue weighted by Crippen LogP contribution is 2.08. The van der Waals surface area contributed by atoms with Crippen LogP contribution in [0.3, 0.4) is 0 Å². The van der Waals surface area contributed by atoms with Crippen LogP contribution < -0.4 is 20.1 Å². The van der Waals surface area contributed by atoms with Crippen molar-refractivity contribution in [3.05, 3.63) is 90.3 Å². The minimum atomic E-state index is -0.281. The van der Waals surface area contributed by atoms with Crippen LogP contribution in [0.15, 0.2) is 53.3 Å². The van der Waals surface area contributed by atoms with E-state index in [1.54, 1.807) is 18.2 Å². The van der Waals surface area contributed by atoms with E-state index in [1.165, 1.54) is 22.0 Å². The number of hydrogen-bond donors (Lipinski definition) is 1. The number of nitrogens with one attached hydrogen (secondary N) is 1. The molecule has 6 heteroatoms. The number of Topliss-reactive ketones (excluding diaryl/α,β-unsaturated/α-hetero) is 1. The first-order valence-electron chi connectivity index (χ1n) is 9.75. The van der Waals surface area contributed by atoms with Gasteiger partial charge in [-0.25, -0.2) is 0 Å². The second kappa shape index (κ2) is 9.50. The van der Waals surface area contributed by atoms with Gasteiger partial charge in [-0.2, -0.15) is 0 Å². The molecule has 1 aromatic heterocycles. The molecule has 3 aromatic rings. The standard InChI is InChI=1S/C24H24N2O3S/c1-4-25-22(28)15-26-23(14-20(27)19-11-6-5-9-17(19)3)30-21(24(26)29)13-18-10-7-8-16(2)12-18/h5-14H,4,15H2,1-3H3,(H,25,28)/b21-13+,23-14-. The van der Waals surface area contributed by atoms with E-state index in [0.717, 1.165) is 16.7 Å².